The Labute approximate surface area is 64.0 Å². The van der Waals surface area contributed by atoms with Gasteiger partial charge in [-0.3, -0.25) is 0 Å². The van der Waals surface area contributed by atoms with Crippen LogP contribution >= 0.6 is 0 Å². The molecule has 10 heavy (non-hydrogen) atoms. The SMILES string of the molecule is CC(C)[C@H](N)[C]1[CH][CH][CH][CH]1. The van der Waals surface area contributed by atoms with Gasteiger partial charge >= 0.3 is 0 Å². The van der Waals surface area contributed by atoms with Crippen molar-refractivity contribution in [3.63, 3.8) is 0 Å². The predicted octanol–water partition coefficient (Wildman–Crippen LogP) is 1.37. The molecule has 1 saturated carbocycles. The van der Waals surface area contributed by atoms with Crippen LogP contribution in [-0.2, 0) is 0 Å². The lowest BCUT2D eigenvalue weighted by Gasteiger charge is -2.20. The van der Waals surface area contributed by atoms with E-state index in [1.165, 1.54) is 5.92 Å². The van der Waals surface area contributed by atoms with Gasteiger partial charge < -0.3 is 5.73 Å². The van der Waals surface area contributed by atoms with Crippen LogP contribution in [0.4, 0.5) is 0 Å². The van der Waals surface area contributed by atoms with Gasteiger partial charge in [0.1, 0.15) is 0 Å². The number of hydrogen-bond acceptors (Lipinski definition) is 1. The molecule has 1 rings (SSSR count). The Bertz CT molecular complexity index is 92.9. The molecule has 1 aliphatic rings. The monoisotopic (exact) mass is 136 g/mol. The van der Waals surface area contributed by atoms with E-state index < -0.39 is 0 Å². The van der Waals surface area contributed by atoms with Gasteiger partial charge in [-0.15, -0.1) is 0 Å². The summed E-state index contributed by atoms with van der Waals surface area (Å²) in [5, 5.41) is 0. The summed E-state index contributed by atoms with van der Waals surface area (Å²) < 4.78 is 0. The molecule has 1 nitrogen and oxygen atoms in total. The zero-order chi connectivity index (χ0) is 7.56. The van der Waals surface area contributed by atoms with E-state index in [0.717, 1.165) is 0 Å². The van der Waals surface area contributed by atoms with E-state index in [-0.39, 0.29) is 6.04 Å². The first-order chi connectivity index (χ1) is 4.72. The highest BCUT2D eigenvalue weighted by Gasteiger charge is 2.25. The Hall–Kier alpha value is -0.0400. The summed E-state index contributed by atoms with van der Waals surface area (Å²) in [5.74, 6) is 1.78. The standard InChI is InChI=1S/C9H14N/c1-7(2)9(10)8-5-3-4-6-8/h3-7,9H,10H2,1-2H3/t9-/m0/s1. The lowest BCUT2D eigenvalue weighted by molar-refractivity contribution is 0.523. The van der Waals surface area contributed by atoms with Crippen LogP contribution in [-0.4, -0.2) is 6.04 Å². The van der Waals surface area contributed by atoms with E-state index >= 15 is 0 Å². The average Bonchev–Trinajstić information content (AvgIpc) is 2.36. The van der Waals surface area contributed by atoms with Gasteiger partial charge in [0.05, 0.1) is 0 Å². The van der Waals surface area contributed by atoms with Crippen molar-refractivity contribution in [2.24, 2.45) is 11.7 Å². The summed E-state index contributed by atoms with van der Waals surface area (Å²) in [6.07, 6.45) is 8.20. The molecule has 1 heteroatoms. The third-order valence-corrected chi connectivity index (χ3v) is 1.79. The van der Waals surface area contributed by atoms with E-state index in [1.807, 2.05) is 12.8 Å². The van der Waals surface area contributed by atoms with Crippen molar-refractivity contribution in [1.29, 1.82) is 0 Å². The third kappa shape index (κ3) is 1.72. The molecule has 1 fully saturated rings. The van der Waals surface area contributed by atoms with Crippen LogP contribution in [0.25, 0.3) is 0 Å². The number of rotatable bonds is 2. The highest BCUT2D eigenvalue weighted by atomic mass is 14.7. The summed E-state index contributed by atoms with van der Waals surface area (Å²) in [4.78, 5) is 0. The van der Waals surface area contributed by atoms with Gasteiger partial charge in [-0.25, -0.2) is 0 Å². The van der Waals surface area contributed by atoms with E-state index in [9.17, 15) is 0 Å². The predicted molar refractivity (Wildman–Crippen MR) is 43.3 cm³/mol. The smallest absolute Gasteiger partial charge is 0.0131 e. The van der Waals surface area contributed by atoms with Crippen molar-refractivity contribution in [2.75, 3.05) is 0 Å². The average molecular weight is 136 g/mol. The molecule has 0 heterocycles. The maximum atomic E-state index is 5.88. The van der Waals surface area contributed by atoms with Gasteiger partial charge in [0.15, 0.2) is 0 Å². The molecule has 1 atom stereocenters. The maximum Gasteiger partial charge on any atom is 0.0131 e. The summed E-state index contributed by atoms with van der Waals surface area (Å²) >= 11 is 0. The van der Waals surface area contributed by atoms with Crippen molar-refractivity contribution in [3.8, 4) is 0 Å². The first-order valence-corrected chi connectivity index (χ1v) is 3.69. The molecule has 5 radical (unpaired) electrons. The minimum Gasteiger partial charge on any atom is -0.327 e. The molecule has 0 aromatic heterocycles. The third-order valence-electron chi connectivity index (χ3n) is 1.79. The van der Waals surface area contributed by atoms with E-state index in [2.05, 4.69) is 26.7 Å². The lowest BCUT2D eigenvalue weighted by atomic mass is 9.90. The second-order valence-electron chi connectivity index (χ2n) is 2.99. The topological polar surface area (TPSA) is 26.0 Å². The Balaban J connectivity index is 2.32. The zero-order valence-corrected chi connectivity index (χ0v) is 6.54. The first-order valence-electron chi connectivity index (χ1n) is 3.69. The maximum absolute atomic E-state index is 5.88. The molecule has 0 bridgehead atoms. The minimum atomic E-state index is 0.204. The first kappa shape index (κ1) is 8.06. The van der Waals surface area contributed by atoms with Crippen molar-refractivity contribution in [2.45, 2.75) is 19.9 Å². The van der Waals surface area contributed by atoms with Gasteiger partial charge in [0.25, 0.3) is 0 Å². The molecular weight excluding hydrogens is 122 g/mol. The second-order valence-corrected chi connectivity index (χ2v) is 2.99. The molecule has 0 amide bonds. The lowest BCUT2D eigenvalue weighted by Crippen LogP contribution is -2.32. The van der Waals surface area contributed by atoms with Crippen LogP contribution in [0.15, 0.2) is 0 Å². The second kappa shape index (κ2) is 3.38. The minimum absolute atomic E-state index is 0.204. The molecular formula is C9H14N. The van der Waals surface area contributed by atoms with Crippen LogP contribution in [0.2, 0.25) is 0 Å². The molecule has 0 saturated heterocycles. The van der Waals surface area contributed by atoms with Crippen molar-refractivity contribution in [1.82, 2.24) is 0 Å². The van der Waals surface area contributed by atoms with Gasteiger partial charge in [-0.05, 0) is 31.6 Å². The fraction of sp³-hybridized carbons (Fsp3) is 0.444. The molecule has 0 aromatic carbocycles. The van der Waals surface area contributed by atoms with E-state index in [1.54, 1.807) is 0 Å². The summed E-state index contributed by atoms with van der Waals surface area (Å²) in [6, 6.07) is 0.204. The normalized spacial score (nSPS) is 24.0. The Morgan fingerprint density at radius 2 is 1.70 bits per heavy atom. The van der Waals surface area contributed by atoms with E-state index in [0.29, 0.717) is 5.92 Å². The van der Waals surface area contributed by atoms with Gasteiger partial charge in [-0.1, -0.05) is 13.8 Å². The summed E-state index contributed by atoms with van der Waals surface area (Å²) in [5.41, 5.74) is 5.88. The van der Waals surface area contributed by atoms with Crippen molar-refractivity contribution < 1.29 is 0 Å². The molecule has 1 aliphatic carbocycles. The fourth-order valence-electron chi connectivity index (χ4n) is 0.996. The Kier molecular flexibility index (Phi) is 2.72. The van der Waals surface area contributed by atoms with Crippen molar-refractivity contribution >= 4 is 0 Å². The van der Waals surface area contributed by atoms with Gasteiger partial charge in [-0.2, -0.15) is 0 Å². The fourth-order valence-corrected chi connectivity index (χ4v) is 0.996. The molecule has 0 aromatic rings. The quantitative estimate of drug-likeness (QED) is 0.609. The van der Waals surface area contributed by atoms with Gasteiger partial charge in [0, 0.05) is 12.0 Å². The molecule has 0 aliphatic heterocycles. The largest absolute Gasteiger partial charge is 0.327 e. The summed E-state index contributed by atoms with van der Waals surface area (Å²) in [7, 11) is 0. The molecule has 0 unspecified atom stereocenters. The van der Waals surface area contributed by atoms with Crippen LogP contribution in [0.5, 0.6) is 0 Å². The highest BCUT2D eigenvalue weighted by molar-refractivity contribution is 5.38. The number of nitrogens with two attached hydrogens (primary N) is 1. The molecule has 55 valence electrons. The molecule has 0 spiro atoms. The van der Waals surface area contributed by atoms with Crippen LogP contribution in [0, 0.1) is 37.5 Å². The van der Waals surface area contributed by atoms with Crippen LogP contribution in [0.1, 0.15) is 13.8 Å². The van der Waals surface area contributed by atoms with E-state index in [4.69, 9.17) is 5.73 Å². The zero-order valence-electron chi connectivity index (χ0n) is 6.54. The van der Waals surface area contributed by atoms with Crippen molar-refractivity contribution in [3.05, 3.63) is 31.6 Å². The van der Waals surface area contributed by atoms with Gasteiger partial charge in [0.2, 0.25) is 0 Å². The number of hydrogen-bond donors (Lipinski definition) is 1. The summed E-state index contributed by atoms with van der Waals surface area (Å²) in [6.45, 7) is 4.27. The molecule has 2 N–H and O–H groups in total. The Morgan fingerprint density at radius 1 is 1.20 bits per heavy atom. The van der Waals surface area contributed by atoms with Crippen LogP contribution in [0.3, 0.4) is 0 Å². The highest BCUT2D eigenvalue weighted by Crippen LogP contribution is 2.28. The van der Waals surface area contributed by atoms with Crippen LogP contribution < -0.4 is 5.73 Å². The Morgan fingerprint density at radius 3 is 2.10 bits per heavy atom.